The predicted octanol–water partition coefficient (Wildman–Crippen LogP) is 29.0. The van der Waals surface area contributed by atoms with Gasteiger partial charge in [0.1, 0.15) is 23.0 Å². The Balaban J connectivity index is 0.000000134. The molecule has 0 amide bonds. The van der Waals surface area contributed by atoms with E-state index in [1.807, 2.05) is 12.1 Å². The summed E-state index contributed by atoms with van der Waals surface area (Å²) in [5, 5.41) is 22.2. The highest BCUT2D eigenvalue weighted by molar-refractivity contribution is 6.31. The highest BCUT2D eigenvalue weighted by atomic mass is 16.5. The Bertz CT molecular complexity index is 6830. The van der Waals surface area contributed by atoms with E-state index < -0.39 is 0 Å². The summed E-state index contributed by atoms with van der Waals surface area (Å²) in [6.45, 7) is 0. The molecule has 2 aliphatic rings. The molecule has 2 heteroatoms. The van der Waals surface area contributed by atoms with Crippen LogP contribution in [0.2, 0.25) is 0 Å². The molecular weight excluding hydrogens is 1260 g/mol. The molecule has 0 spiro atoms. The van der Waals surface area contributed by atoms with Crippen LogP contribution in [0.5, 0.6) is 23.0 Å². The van der Waals surface area contributed by atoms with E-state index >= 15 is 0 Å². The van der Waals surface area contributed by atoms with Gasteiger partial charge in [-0.15, -0.1) is 0 Å². The van der Waals surface area contributed by atoms with Crippen LogP contribution in [-0.2, 0) is 0 Å². The molecular formula is C102H62O2. The van der Waals surface area contributed by atoms with Crippen molar-refractivity contribution >= 4 is 97.0 Å². The lowest BCUT2D eigenvalue weighted by Crippen LogP contribution is -1.98. The molecule has 104 heavy (non-hydrogen) atoms. The second-order valence-electron chi connectivity index (χ2n) is 27.4. The maximum atomic E-state index is 6.52. The van der Waals surface area contributed by atoms with E-state index in [-0.39, 0.29) is 0 Å². The quantitative estimate of drug-likeness (QED) is 0.117. The Morgan fingerprint density at radius 2 is 0.423 bits per heavy atom. The number of ether oxygens (including phenoxy) is 2. The lowest BCUT2D eigenvalue weighted by atomic mass is 9.79. The minimum atomic E-state index is 0.905. The summed E-state index contributed by atoms with van der Waals surface area (Å²) >= 11 is 0. The molecule has 0 fully saturated rings. The number of hydrogen-bond acceptors (Lipinski definition) is 2. The van der Waals surface area contributed by atoms with Gasteiger partial charge in [0.2, 0.25) is 0 Å². The lowest BCUT2D eigenvalue weighted by molar-refractivity contribution is 0.487. The maximum Gasteiger partial charge on any atom is 0.135 e. The smallest absolute Gasteiger partial charge is 0.135 e. The van der Waals surface area contributed by atoms with Crippen LogP contribution >= 0.6 is 0 Å². The molecule has 0 saturated carbocycles. The first-order chi connectivity index (χ1) is 51.7. The van der Waals surface area contributed by atoms with Gasteiger partial charge in [0, 0.05) is 21.9 Å². The molecule has 0 aromatic heterocycles. The van der Waals surface area contributed by atoms with Gasteiger partial charge in [-0.25, -0.2) is 0 Å². The molecule has 0 atom stereocenters. The summed E-state index contributed by atoms with van der Waals surface area (Å²) in [6.07, 6.45) is 0. The molecule has 2 aliphatic heterocycles. The summed E-state index contributed by atoms with van der Waals surface area (Å²) < 4.78 is 13.0. The Kier molecular flexibility index (Phi) is 13.7. The van der Waals surface area contributed by atoms with E-state index in [2.05, 4.69) is 364 Å². The minimum Gasteiger partial charge on any atom is -0.456 e. The lowest BCUT2D eigenvalue weighted by Gasteiger charge is -2.25. The third-order valence-corrected chi connectivity index (χ3v) is 21.9. The number of rotatable bonds is 7. The first-order valence-electron chi connectivity index (χ1n) is 35.9. The SMILES string of the molecule is c1ccc(-c2c(-c3c4ccccc4c(-c4ccc5c6c(cccc46)-c4ccccc4O5)c4ccccc34)c3ccccc3c3ccccc23)cc1.c1ccc(-c2cccc3cccc(-c4ccc(-c5c6ccccc6c(-c6ccc7c8c(cccc68)-c6ccccc6O7)c6ccccc56)cc4)c23)cc1. The van der Waals surface area contributed by atoms with E-state index in [1.165, 1.54) is 181 Å². The van der Waals surface area contributed by atoms with Crippen LogP contribution in [0.3, 0.4) is 0 Å². The van der Waals surface area contributed by atoms with Gasteiger partial charge in [0.25, 0.3) is 0 Å². The fourth-order valence-electron chi connectivity index (χ4n) is 17.6. The molecule has 0 saturated heterocycles. The van der Waals surface area contributed by atoms with Crippen LogP contribution in [0.15, 0.2) is 376 Å². The molecule has 0 N–H and O–H groups in total. The van der Waals surface area contributed by atoms with E-state index in [0.29, 0.717) is 0 Å². The average Bonchev–Trinajstić information content (AvgIpc) is 0.717. The van der Waals surface area contributed by atoms with Crippen molar-refractivity contribution in [2.45, 2.75) is 0 Å². The Hall–Kier alpha value is -13.7. The Morgan fingerprint density at radius 1 is 0.125 bits per heavy atom. The zero-order valence-electron chi connectivity index (χ0n) is 56.6. The van der Waals surface area contributed by atoms with Crippen LogP contribution in [-0.4, -0.2) is 0 Å². The van der Waals surface area contributed by atoms with Gasteiger partial charge in [-0.05, 0) is 212 Å². The average molecular weight is 1320 g/mol. The molecule has 0 aliphatic carbocycles. The van der Waals surface area contributed by atoms with Crippen molar-refractivity contribution in [3.05, 3.63) is 376 Å². The van der Waals surface area contributed by atoms with Gasteiger partial charge < -0.3 is 9.47 Å². The van der Waals surface area contributed by atoms with Crippen molar-refractivity contribution in [1.29, 1.82) is 0 Å². The highest BCUT2D eigenvalue weighted by Gasteiger charge is 2.29. The van der Waals surface area contributed by atoms with E-state index in [4.69, 9.17) is 9.47 Å². The third-order valence-electron chi connectivity index (χ3n) is 21.9. The molecule has 22 rings (SSSR count). The molecule has 0 radical (unpaired) electrons. The van der Waals surface area contributed by atoms with Crippen LogP contribution in [0.4, 0.5) is 0 Å². The van der Waals surface area contributed by atoms with Crippen LogP contribution in [0.25, 0.3) is 197 Å². The number of hydrogen-bond donors (Lipinski definition) is 0. The molecule has 20 aromatic carbocycles. The van der Waals surface area contributed by atoms with Crippen molar-refractivity contribution in [3.63, 3.8) is 0 Å². The van der Waals surface area contributed by atoms with Gasteiger partial charge in [-0.3, -0.25) is 0 Å². The van der Waals surface area contributed by atoms with E-state index in [9.17, 15) is 0 Å². The van der Waals surface area contributed by atoms with Crippen LogP contribution in [0, 0.1) is 0 Å². The summed E-state index contributed by atoms with van der Waals surface area (Å²) in [4.78, 5) is 0. The Morgan fingerprint density at radius 3 is 0.875 bits per heavy atom. The van der Waals surface area contributed by atoms with Gasteiger partial charge >= 0.3 is 0 Å². The molecule has 482 valence electrons. The first-order valence-corrected chi connectivity index (χ1v) is 35.9. The highest BCUT2D eigenvalue weighted by Crippen LogP contribution is 2.56. The molecule has 20 aromatic rings. The second-order valence-corrected chi connectivity index (χ2v) is 27.4. The zero-order valence-corrected chi connectivity index (χ0v) is 56.6. The number of fused-ring (bicyclic) bond motifs is 12. The zero-order chi connectivity index (χ0) is 68.3. The normalized spacial score (nSPS) is 12.0. The fourth-order valence-corrected chi connectivity index (χ4v) is 17.6. The van der Waals surface area contributed by atoms with Crippen LogP contribution < -0.4 is 9.47 Å². The van der Waals surface area contributed by atoms with Crippen molar-refractivity contribution in [2.75, 3.05) is 0 Å². The largest absolute Gasteiger partial charge is 0.456 e. The van der Waals surface area contributed by atoms with Crippen molar-refractivity contribution in [1.82, 2.24) is 0 Å². The first kappa shape index (κ1) is 59.2. The second kappa shape index (κ2) is 24.0. The van der Waals surface area contributed by atoms with Gasteiger partial charge in [-0.1, -0.05) is 340 Å². The monoisotopic (exact) mass is 1320 g/mol. The molecule has 2 nitrogen and oxygen atoms in total. The van der Waals surface area contributed by atoms with E-state index in [1.54, 1.807) is 0 Å². The Labute approximate surface area is 601 Å². The van der Waals surface area contributed by atoms with Gasteiger partial charge in [0.05, 0.1) is 0 Å². The third kappa shape index (κ3) is 9.22. The minimum absolute atomic E-state index is 0.905. The molecule has 0 unspecified atom stereocenters. The van der Waals surface area contributed by atoms with Crippen molar-refractivity contribution in [2.24, 2.45) is 0 Å². The fraction of sp³-hybridized carbons (Fsp3) is 0. The predicted molar refractivity (Wildman–Crippen MR) is 440 cm³/mol. The molecule has 0 bridgehead atoms. The number of benzene rings is 20. The molecule has 2 heterocycles. The maximum absolute atomic E-state index is 6.52. The summed E-state index contributed by atoms with van der Waals surface area (Å²) in [5.74, 6) is 3.62. The number of para-hydroxylation sites is 2. The topological polar surface area (TPSA) is 18.5 Å². The van der Waals surface area contributed by atoms with Crippen LogP contribution in [0.1, 0.15) is 0 Å². The summed E-state index contributed by atoms with van der Waals surface area (Å²) in [6, 6.07) is 137. The van der Waals surface area contributed by atoms with Crippen molar-refractivity contribution in [3.8, 4) is 123 Å². The standard InChI is InChI=1S/C52H32O.C50H30O/c1-2-13-33(14-3-1)37-22-10-15-35-16-11-23-38(49(35)37)34-27-29-36(30-28-34)50-41-18-4-6-20-43(41)51(44-21-7-5-19-42(44)50)46-31-32-48-52-40(24-12-25-45(46)52)39-17-8-9-26-47(39)53-48;1-2-15-31(16-3-1)46-35-20-6-4-17-32(35)33-18-5-7-21-36(33)50(46)49-41-24-10-8-22-38(41)47(39-23-9-11-25-42(39)49)43-29-30-45-48-37(26-14-27-40(43)48)34-19-12-13-28-44(34)51-45/h1-32H;1-30H. The van der Waals surface area contributed by atoms with Gasteiger partial charge in [-0.2, -0.15) is 0 Å². The van der Waals surface area contributed by atoms with Gasteiger partial charge in [0.15, 0.2) is 0 Å². The van der Waals surface area contributed by atoms with E-state index in [0.717, 1.165) is 39.5 Å². The summed E-state index contributed by atoms with van der Waals surface area (Å²) in [5.41, 5.74) is 22.1. The summed E-state index contributed by atoms with van der Waals surface area (Å²) in [7, 11) is 0. The van der Waals surface area contributed by atoms with Crippen molar-refractivity contribution < 1.29 is 9.47 Å².